The number of hydrogen-bond donors (Lipinski definition) is 0. The van der Waals surface area contributed by atoms with Crippen molar-refractivity contribution < 1.29 is 0 Å². The molecule has 0 aromatic rings. The molecule has 17 heavy (non-hydrogen) atoms. The summed E-state index contributed by atoms with van der Waals surface area (Å²) in [6, 6.07) is 0. The third-order valence-corrected chi connectivity index (χ3v) is 8.51. The smallest absolute Gasteiger partial charge is 0.0241 e. The average Bonchev–Trinajstić information content (AvgIpc) is 2.13. The summed E-state index contributed by atoms with van der Waals surface area (Å²) < 4.78 is 0. The van der Waals surface area contributed by atoms with Gasteiger partial charge in [0.15, 0.2) is 0 Å². The van der Waals surface area contributed by atoms with Crippen molar-refractivity contribution in [3.63, 3.8) is 0 Å². The third kappa shape index (κ3) is 1.36. The fraction of sp³-hybridized carbons (Fsp3) is 1.00. The Balaban J connectivity index is 3.56. The largest absolute Gasteiger partial charge is 0.0614 e. The Morgan fingerprint density at radius 2 is 0.706 bits per heavy atom. The van der Waals surface area contributed by atoms with Crippen molar-refractivity contribution in [2.45, 2.75) is 76.2 Å². The Kier molecular flexibility index (Phi) is 2.93. The summed E-state index contributed by atoms with van der Waals surface area (Å²) in [6.45, 7) is 27.2. The van der Waals surface area contributed by atoms with Crippen LogP contribution in [0.4, 0.5) is 0 Å². The quantitative estimate of drug-likeness (QED) is 0.503. The Labute approximate surface area is 110 Å². The normalized spacial score (nSPS) is 33.4. The second kappa shape index (κ2) is 3.31. The van der Waals surface area contributed by atoms with Crippen LogP contribution >= 0.6 is 0 Å². The van der Waals surface area contributed by atoms with Crippen LogP contribution in [0.3, 0.4) is 0 Å². The molecule has 0 aromatic carbocycles. The SMILES string of the molecule is CC1C(C)(C)C(C)(C)C(C)(C)C(C)(C)C1(C)C. The molecular formula is C17H34. The predicted octanol–water partition coefficient (Wildman–Crippen LogP) is 5.77. The molecule has 0 bridgehead atoms. The first-order valence-electron chi connectivity index (χ1n) is 7.15. The fourth-order valence-electron chi connectivity index (χ4n) is 4.38. The van der Waals surface area contributed by atoms with Crippen LogP contribution in [0, 0.1) is 33.0 Å². The van der Waals surface area contributed by atoms with Crippen LogP contribution in [0.2, 0.25) is 0 Å². The van der Waals surface area contributed by atoms with E-state index >= 15 is 0 Å². The molecule has 0 atom stereocenters. The molecule has 0 heteroatoms. The lowest BCUT2D eigenvalue weighted by Gasteiger charge is -2.72. The van der Waals surface area contributed by atoms with Gasteiger partial charge in [-0.25, -0.2) is 0 Å². The molecule has 0 aliphatic heterocycles. The van der Waals surface area contributed by atoms with E-state index in [-0.39, 0.29) is 0 Å². The van der Waals surface area contributed by atoms with Crippen LogP contribution in [-0.2, 0) is 0 Å². The second-order valence-electron chi connectivity index (χ2n) is 9.04. The predicted molar refractivity (Wildman–Crippen MR) is 78.1 cm³/mol. The molecule has 0 heterocycles. The molecule has 0 aromatic heterocycles. The highest BCUT2D eigenvalue weighted by Crippen LogP contribution is 2.73. The van der Waals surface area contributed by atoms with Crippen LogP contribution in [0.5, 0.6) is 0 Å². The van der Waals surface area contributed by atoms with Gasteiger partial charge in [-0.1, -0.05) is 76.2 Å². The molecule has 0 amide bonds. The van der Waals surface area contributed by atoms with Gasteiger partial charge in [-0.05, 0) is 33.0 Å². The lowest BCUT2D eigenvalue weighted by Crippen LogP contribution is -2.66. The third-order valence-electron chi connectivity index (χ3n) is 8.51. The summed E-state index contributed by atoms with van der Waals surface area (Å²) in [5.41, 5.74) is 1.70. The summed E-state index contributed by atoms with van der Waals surface area (Å²) in [5.74, 6) is 0.716. The molecule has 0 unspecified atom stereocenters. The van der Waals surface area contributed by atoms with Crippen molar-refractivity contribution in [1.29, 1.82) is 0 Å². The molecule has 1 aliphatic rings. The second-order valence-corrected chi connectivity index (χ2v) is 9.04. The lowest BCUT2D eigenvalue weighted by atomic mass is 9.32. The average molecular weight is 238 g/mol. The number of rotatable bonds is 0. The molecular weight excluding hydrogens is 204 g/mol. The Morgan fingerprint density at radius 1 is 0.471 bits per heavy atom. The van der Waals surface area contributed by atoms with E-state index in [2.05, 4.69) is 76.2 Å². The van der Waals surface area contributed by atoms with E-state index in [9.17, 15) is 0 Å². The van der Waals surface area contributed by atoms with Gasteiger partial charge < -0.3 is 0 Å². The van der Waals surface area contributed by atoms with Gasteiger partial charge in [0.1, 0.15) is 0 Å². The minimum atomic E-state index is 0.319. The standard InChI is InChI=1S/C17H34/c1-12-13(2,3)15(6,7)17(10,11)16(8,9)14(12,4)5/h12H,1-11H3. The van der Waals surface area contributed by atoms with Crippen molar-refractivity contribution in [1.82, 2.24) is 0 Å². The summed E-state index contributed by atoms with van der Waals surface area (Å²) >= 11 is 0. The van der Waals surface area contributed by atoms with Gasteiger partial charge in [-0.3, -0.25) is 0 Å². The summed E-state index contributed by atoms with van der Waals surface area (Å²) in [4.78, 5) is 0. The van der Waals surface area contributed by atoms with E-state index in [1.165, 1.54) is 0 Å². The highest BCUT2D eigenvalue weighted by Gasteiger charge is 2.67. The lowest BCUT2D eigenvalue weighted by molar-refractivity contribution is -0.242. The summed E-state index contributed by atoms with van der Waals surface area (Å²) in [7, 11) is 0. The van der Waals surface area contributed by atoms with E-state index in [4.69, 9.17) is 0 Å². The molecule has 0 nitrogen and oxygen atoms in total. The van der Waals surface area contributed by atoms with E-state index in [1.807, 2.05) is 0 Å². The minimum Gasteiger partial charge on any atom is -0.0614 e. The van der Waals surface area contributed by atoms with E-state index < -0.39 is 0 Å². The molecule has 1 rings (SSSR count). The van der Waals surface area contributed by atoms with Crippen molar-refractivity contribution in [2.24, 2.45) is 33.0 Å². The molecule has 102 valence electrons. The highest BCUT2D eigenvalue weighted by atomic mass is 14.7. The van der Waals surface area contributed by atoms with Crippen molar-refractivity contribution in [3.8, 4) is 0 Å². The van der Waals surface area contributed by atoms with E-state index in [0.29, 0.717) is 33.0 Å². The zero-order valence-corrected chi connectivity index (χ0v) is 14.1. The Bertz CT molecular complexity index is 283. The highest BCUT2D eigenvalue weighted by molar-refractivity contribution is 5.15. The van der Waals surface area contributed by atoms with E-state index in [1.54, 1.807) is 0 Å². The van der Waals surface area contributed by atoms with Crippen molar-refractivity contribution in [2.75, 3.05) is 0 Å². The van der Waals surface area contributed by atoms with Gasteiger partial charge in [0.2, 0.25) is 0 Å². The van der Waals surface area contributed by atoms with Crippen LogP contribution in [-0.4, -0.2) is 0 Å². The van der Waals surface area contributed by atoms with Gasteiger partial charge >= 0.3 is 0 Å². The maximum Gasteiger partial charge on any atom is -0.0241 e. The van der Waals surface area contributed by atoms with Crippen LogP contribution in [0.1, 0.15) is 76.2 Å². The molecule has 0 N–H and O–H groups in total. The van der Waals surface area contributed by atoms with Gasteiger partial charge in [0.05, 0.1) is 0 Å². The maximum atomic E-state index is 2.47. The first kappa shape index (κ1) is 15.1. The van der Waals surface area contributed by atoms with Crippen LogP contribution in [0.25, 0.3) is 0 Å². The van der Waals surface area contributed by atoms with Gasteiger partial charge in [0.25, 0.3) is 0 Å². The minimum absolute atomic E-state index is 0.319. The summed E-state index contributed by atoms with van der Waals surface area (Å²) in [5, 5.41) is 0. The zero-order valence-electron chi connectivity index (χ0n) is 14.1. The fourth-order valence-corrected chi connectivity index (χ4v) is 4.38. The van der Waals surface area contributed by atoms with Crippen LogP contribution < -0.4 is 0 Å². The van der Waals surface area contributed by atoms with Crippen molar-refractivity contribution >= 4 is 0 Å². The van der Waals surface area contributed by atoms with E-state index in [0.717, 1.165) is 0 Å². The molecule has 0 saturated heterocycles. The van der Waals surface area contributed by atoms with Crippen molar-refractivity contribution in [3.05, 3.63) is 0 Å². The molecule has 1 fully saturated rings. The molecule has 1 saturated carbocycles. The first-order valence-corrected chi connectivity index (χ1v) is 7.15. The van der Waals surface area contributed by atoms with Gasteiger partial charge in [0, 0.05) is 0 Å². The molecule has 0 spiro atoms. The maximum absolute atomic E-state index is 2.47. The van der Waals surface area contributed by atoms with Gasteiger partial charge in [-0.2, -0.15) is 0 Å². The zero-order chi connectivity index (χ0) is 14.1. The summed E-state index contributed by atoms with van der Waals surface area (Å²) in [6.07, 6.45) is 0. The first-order chi connectivity index (χ1) is 7.15. The Hall–Kier alpha value is 0. The molecule has 0 radical (unpaired) electrons. The topological polar surface area (TPSA) is 0 Å². The van der Waals surface area contributed by atoms with Crippen LogP contribution in [0.15, 0.2) is 0 Å². The monoisotopic (exact) mass is 238 g/mol. The number of hydrogen-bond acceptors (Lipinski definition) is 0. The Morgan fingerprint density at radius 3 is 0.941 bits per heavy atom. The van der Waals surface area contributed by atoms with Gasteiger partial charge in [-0.15, -0.1) is 0 Å². The molecule has 1 aliphatic carbocycles.